The molecule has 0 saturated heterocycles. The molecule has 5 aromatic carbocycles. The van der Waals surface area contributed by atoms with Gasteiger partial charge in [0.1, 0.15) is 5.65 Å². The fraction of sp³-hybridized carbons (Fsp3) is 0. The highest BCUT2D eigenvalue weighted by Gasteiger charge is 2.21. The van der Waals surface area contributed by atoms with E-state index >= 15 is 0 Å². The summed E-state index contributed by atoms with van der Waals surface area (Å²) in [6.07, 6.45) is 1.49. The van der Waals surface area contributed by atoms with E-state index in [1.165, 1.54) is 10.8 Å². The maximum atomic E-state index is 9.33. The van der Waals surface area contributed by atoms with Gasteiger partial charge < -0.3 is 0 Å². The number of benzene rings is 5. The Morgan fingerprint density at radius 1 is 0.500 bits per heavy atom. The van der Waals surface area contributed by atoms with Crippen molar-refractivity contribution in [2.24, 2.45) is 0 Å². The first-order chi connectivity index (χ1) is 28.9. The Hall–Kier alpha value is -6.14. The summed E-state index contributed by atoms with van der Waals surface area (Å²) in [5, 5.41) is 0.603. The standard InChI is InChI=1S/C38H24N6/c1-2-13-25(14-3-1)35-40-36(42-38(41-35)44-32-21-9-4-15-26(32)27-16-5-10-22-33(27)44)30-18-7-11-23-34(30)43-31-20-8-6-17-28(31)29-19-12-24-39-37(29)43/h1-24H/i1D,2D,3D,4D,5D,7D,9D,10D,11D,13D,14D,15D,16D,18D,21D,22D,23D. The van der Waals surface area contributed by atoms with Crippen molar-refractivity contribution < 1.29 is 23.3 Å². The van der Waals surface area contributed by atoms with Crippen molar-refractivity contribution in [1.82, 2.24) is 29.1 Å². The summed E-state index contributed by atoms with van der Waals surface area (Å²) in [6.45, 7) is 0. The van der Waals surface area contributed by atoms with Crippen molar-refractivity contribution in [3.8, 4) is 34.4 Å². The lowest BCUT2D eigenvalue weighted by atomic mass is 10.1. The van der Waals surface area contributed by atoms with Crippen LogP contribution in [0.15, 0.2) is 145 Å². The zero-order valence-electron chi connectivity index (χ0n) is 39.2. The molecule has 6 heteroatoms. The molecule has 44 heavy (non-hydrogen) atoms. The molecule has 0 aliphatic rings. The Labute approximate surface area is 276 Å². The first kappa shape index (κ1) is 13.0. The first-order valence-electron chi connectivity index (χ1n) is 21.7. The normalized spacial score (nSPS) is 17.0. The quantitative estimate of drug-likeness (QED) is 0.208. The second-order valence-corrected chi connectivity index (χ2v) is 9.52. The molecule has 0 N–H and O–H groups in total. The van der Waals surface area contributed by atoms with Gasteiger partial charge in [0.05, 0.1) is 45.5 Å². The van der Waals surface area contributed by atoms with E-state index in [2.05, 4.69) is 19.9 Å². The van der Waals surface area contributed by atoms with E-state index in [-0.39, 0.29) is 27.7 Å². The number of hydrogen-bond acceptors (Lipinski definition) is 4. The Bertz CT molecular complexity index is 3310. The number of fused-ring (bicyclic) bond motifs is 6. The predicted molar refractivity (Wildman–Crippen MR) is 177 cm³/mol. The third kappa shape index (κ3) is 3.68. The minimum atomic E-state index is -0.779. The summed E-state index contributed by atoms with van der Waals surface area (Å²) in [5.41, 5.74) is -1.30. The molecule has 0 bridgehead atoms. The van der Waals surface area contributed by atoms with Gasteiger partial charge in [-0.1, -0.05) is 96.8 Å². The summed E-state index contributed by atoms with van der Waals surface area (Å²) in [5.74, 6) is -1.87. The van der Waals surface area contributed by atoms with E-state index in [9.17, 15) is 2.74 Å². The molecule has 9 rings (SSSR count). The van der Waals surface area contributed by atoms with Crippen LogP contribution >= 0.6 is 0 Å². The van der Waals surface area contributed by atoms with Crippen LogP contribution in [0.25, 0.3) is 78.2 Å². The average molecular weight is 582 g/mol. The highest BCUT2D eigenvalue weighted by Crippen LogP contribution is 2.36. The van der Waals surface area contributed by atoms with Crippen molar-refractivity contribution in [3.63, 3.8) is 0 Å². The zero-order valence-corrected chi connectivity index (χ0v) is 22.2. The second kappa shape index (κ2) is 9.71. The molecule has 4 aromatic heterocycles. The monoisotopic (exact) mass is 581 g/mol. The van der Waals surface area contributed by atoms with Crippen LogP contribution in [0.5, 0.6) is 0 Å². The Morgan fingerprint density at radius 3 is 1.98 bits per heavy atom. The van der Waals surface area contributed by atoms with Crippen LogP contribution in [-0.2, 0) is 0 Å². The Kier molecular flexibility index (Phi) is 2.87. The fourth-order valence-electron chi connectivity index (χ4n) is 5.33. The van der Waals surface area contributed by atoms with E-state index < -0.39 is 137 Å². The smallest absolute Gasteiger partial charge is 0.238 e. The van der Waals surface area contributed by atoms with Crippen molar-refractivity contribution in [1.29, 1.82) is 0 Å². The maximum Gasteiger partial charge on any atom is 0.238 e. The van der Waals surface area contributed by atoms with Crippen LogP contribution in [0, 0.1) is 0 Å². The summed E-state index contributed by atoms with van der Waals surface area (Å²) in [6, 6.07) is -1.74. The summed E-state index contributed by atoms with van der Waals surface area (Å²) in [7, 11) is 0. The van der Waals surface area contributed by atoms with Gasteiger partial charge in [-0.2, -0.15) is 9.97 Å². The van der Waals surface area contributed by atoms with Crippen molar-refractivity contribution in [2.45, 2.75) is 0 Å². The van der Waals surface area contributed by atoms with Crippen LogP contribution in [0.2, 0.25) is 0 Å². The van der Waals surface area contributed by atoms with Gasteiger partial charge in [0, 0.05) is 38.9 Å². The molecule has 0 amide bonds. The lowest BCUT2D eigenvalue weighted by molar-refractivity contribution is 0.951. The summed E-state index contributed by atoms with van der Waals surface area (Å²) >= 11 is 0. The number of para-hydroxylation sites is 4. The van der Waals surface area contributed by atoms with Crippen molar-refractivity contribution >= 4 is 43.7 Å². The molecule has 0 aliphatic carbocycles. The van der Waals surface area contributed by atoms with Crippen molar-refractivity contribution in [2.75, 3.05) is 0 Å². The molecule has 0 unspecified atom stereocenters. The third-order valence-electron chi connectivity index (χ3n) is 7.13. The van der Waals surface area contributed by atoms with Gasteiger partial charge in [0.15, 0.2) is 11.6 Å². The molecule has 0 radical (unpaired) electrons. The van der Waals surface area contributed by atoms with E-state index in [1.54, 1.807) is 36.4 Å². The summed E-state index contributed by atoms with van der Waals surface area (Å²) < 4.78 is 151. The number of aromatic nitrogens is 6. The molecule has 4 heterocycles. The lowest BCUT2D eigenvalue weighted by Crippen LogP contribution is -2.07. The second-order valence-electron chi connectivity index (χ2n) is 9.52. The fourth-order valence-corrected chi connectivity index (χ4v) is 5.33. The topological polar surface area (TPSA) is 61.4 Å². The highest BCUT2D eigenvalue weighted by molar-refractivity contribution is 6.09. The van der Waals surface area contributed by atoms with E-state index in [0.717, 1.165) is 4.57 Å². The van der Waals surface area contributed by atoms with Gasteiger partial charge in [-0.05, 0) is 42.4 Å². The number of rotatable bonds is 4. The summed E-state index contributed by atoms with van der Waals surface area (Å²) in [4.78, 5) is 18.2. The Balaban J connectivity index is 1.54. The van der Waals surface area contributed by atoms with Crippen LogP contribution in [-0.4, -0.2) is 29.1 Å². The number of pyridine rings is 1. The van der Waals surface area contributed by atoms with Gasteiger partial charge in [-0.25, -0.2) is 9.97 Å². The molecular formula is C38H24N6. The molecular weight excluding hydrogens is 540 g/mol. The lowest BCUT2D eigenvalue weighted by Gasteiger charge is -2.14. The predicted octanol–water partition coefficient (Wildman–Crippen LogP) is 8.79. The SMILES string of the molecule is [2H]c1c([2H])c([2H])c(-c2nc(-c3c([2H])c([2H])c([2H])c([2H])c3-n3c4ccccc4c4cccnc43)nc(-n3c4c([2H])c([2H])c([2H])c([2H])c4c4c([2H])c([2H])c([2H])c([2H])c43)n2)c([2H])c1[2H]. The minimum absolute atomic E-state index is 0.217. The van der Waals surface area contributed by atoms with E-state index in [1.807, 2.05) is 0 Å². The van der Waals surface area contributed by atoms with Crippen LogP contribution in [0.4, 0.5) is 0 Å². The van der Waals surface area contributed by atoms with Gasteiger partial charge in [-0.3, -0.25) is 9.13 Å². The largest absolute Gasteiger partial charge is 0.293 e. The molecule has 6 nitrogen and oxygen atoms in total. The van der Waals surface area contributed by atoms with E-state index in [0.29, 0.717) is 16.3 Å². The molecule has 0 atom stereocenters. The van der Waals surface area contributed by atoms with Gasteiger partial charge in [-0.15, -0.1) is 0 Å². The Morgan fingerprint density at radius 2 is 1.16 bits per heavy atom. The number of nitrogens with zero attached hydrogens (tertiary/aromatic N) is 6. The highest BCUT2D eigenvalue weighted by atomic mass is 15.2. The number of hydrogen-bond donors (Lipinski definition) is 0. The molecule has 0 spiro atoms. The first-order valence-corrected chi connectivity index (χ1v) is 13.2. The van der Waals surface area contributed by atoms with Crippen molar-refractivity contribution in [3.05, 3.63) is 145 Å². The molecule has 0 fully saturated rings. The van der Waals surface area contributed by atoms with Crippen LogP contribution in [0.3, 0.4) is 0 Å². The van der Waals surface area contributed by atoms with Gasteiger partial charge in [0.25, 0.3) is 0 Å². The molecule has 0 saturated carbocycles. The molecule has 206 valence electrons. The van der Waals surface area contributed by atoms with Crippen LogP contribution < -0.4 is 0 Å². The van der Waals surface area contributed by atoms with Gasteiger partial charge in [0.2, 0.25) is 5.95 Å². The maximum absolute atomic E-state index is 9.33. The van der Waals surface area contributed by atoms with E-state index in [4.69, 9.17) is 20.6 Å². The molecule has 9 aromatic rings. The average Bonchev–Trinajstić information content (AvgIpc) is 3.79. The zero-order chi connectivity index (χ0) is 43.8. The minimum Gasteiger partial charge on any atom is -0.293 e. The van der Waals surface area contributed by atoms with Crippen LogP contribution in [0.1, 0.15) is 23.3 Å². The van der Waals surface area contributed by atoms with Gasteiger partial charge >= 0.3 is 0 Å². The molecule has 0 aliphatic heterocycles. The third-order valence-corrected chi connectivity index (χ3v) is 7.13.